The molecule has 1 aliphatic heterocycles. The van der Waals surface area contributed by atoms with Crippen molar-refractivity contribution >= 4 is 22.2 Å². The van der Waals surface area contributed by atoms with Crippen molar-refractivity contribution < 1.29 is 8.42 Å². The van der Waals surface area contributed by atoms with Crippen molar-refractivity contribution in [2.24, 2.45) is 5.73 Å². The number of nitrogens with zero attached hydrogens (tertiary/aromatic N) is 2. The summed E-state index contributed by atoms with van der Waals surface area (Å²) in [6.45, 7) is 0.285. The Morgan fingerprint density at radius 2 is 2.24 bits per heavy atom. The van der Waals surface area contributed by atoms with E-state index >= 15 is 0 Å². The lowest BCUT2D eigenvalue weighted by molar-refractivity contribution is 0.548. The molecule has 0 aromatic carbocycles. The van der Waals surface area contributed by atoms with E-state index in [0.717, 1.165) is 18.5 Å². The Morgan fingerprint density at radius 3 is 2.88 bits per heavy atom. The SMILES string of the molecule is Cl.NCc1nccc(C2CCCS(=O)(=O)C2)n1. The molecular weight excluding hydrogens is 262 g/mol. The summed E-state index contributed by atoms with van der Waals surface area (Å²) in [6, 6.07) is 1.78. The fourth-order valence-corrected chi connectivity index (χ4v) is 3.72. The van der Waals surface area contributed by atoms with Gasteiger partial charge in [0.15, 0.2) is 9.84 Å². The summed E-state index contributed by atoms with van der Waals surface area (Å²) in [6.07, 6.45) is 3.24. The van der Waals surface area contributed by atoms with E-state index in [-0.39, 0.29) is 30.6 Å². The number of halogens is 1. The average Bonchev–Trinajstić information content (AvgIpc) is 2.28. The standard InChI is InChI=1S/C10H15N3O2S.ClH/c11-6-10-12-4-3-9(13-10)8-2-1-5-16(14,15)7-8;/h3-4,8H,1-2,5-7,11H2;1H. The molecule has 1 aromatic heterocycles. The number of nitrogens with two attached hydrogens (primary N) is 1. The largest absolute Gasteiger partial charge is 0.324 e. The highest BCUT2D eigenvalue weighted by molar-refractivity contribution is 7.91. The number of aromatic nitrogens is 2. The molecule has 2 rings (SSSR count). The van der Waals surface area contributed by atoms with Crippen LogP contribution in [0.25, 0.3) is 0 Å². The number of rotatable bonds is 2. The molecule has 1 aromatic rings. The first kappa shape index (κ1) is 14.3. The summed E-state index contributed by atoms with van der Waals surface area (Å²) in [7, 11) is -2.89. The topological polar surface area (TPSA) is 85.9 Å². The molecule has 96 valence electrons. The Bertz CT molecular complexity index is 478. The van der Waals surface area contributed by atoms with Crippen LogP contribution in [-0.4, -0.2) is 29.9 Å². The molecular formula is C10H16ClN3O2S. The lowest BCUT2D eigenvalue weighted by Crippen LogP contribution is -2.24. The van der Waals surface area contributed by atoms with E-state index in [4.69, 9.17) is 5.73 Å². The molecule has 0 amide bonds. The fourth-order valence-electron chi connectivity index (χ4n) is 2.00. The molecule has 0 spiro atoms. The van der Waals surface area contributed by atoms with Gasteiger partial charge in [-0.25, -0.2) is 18.4 Å². The van der Waals surface area contributed by atoms with Crippen LogP contribution in [0.1, 0.15) is 30.3 Å². The van der Waals surface area contributed by atoms with Crippen LogP contribution in [0.4, 0.5) is 0 Å². The molecule has 7 heteroatoms. The van der Waals surface area contributed by atoms with Crippen molar-refractivity contribution in [3.8, 4) is 0 Å². The second-order valence-corrected chi connectivity index (χ2v) is 6.28. The minimum atomic E-state index is -2.89. The maximum absolute atomic E-state index is 11.5. The summed E-state index contributed by atoms with van der Waals surface area (Å²) in [5.74, 6) is 1.08. The summed E-state index contributed by atoms with van der Waals surface area (Å²) >= 11 is 0. The van der Waals surface area contributed by atoms with Crippen molar-refractivity contribution in [1.82, 2.24) is 9.97 Å². The van der Waals surface area contributed by atoms with Crippen molar-refractivity contribution in [3.63, 3.8) is 0 Å². The van der Waals surface area contributed by atoms with E-state index in [0.29, 0.717) is 11.6 Å². The molecule has 5 nitrogen and oxygen atoms in total. The first-order chi connectivity index (χ1) is 7.61. The van der Waals surface area contributed by atoms with Gasteiger partial charge in [-0.2, -0.15) is 0 Å². The van der Waals surface area contributed by atoms with E-state index < -0.39 is 9.84 Å². The first-order valence-electron chi connectivity index (χ1n) is 5.33. The van der Waals surface area contributed by atoms with Gasteiger partial charge in [-0.3, -0.25) is 0 Å². The van der Waals surface area contributed by atoms with Gasteiger partial charge in [0.25, 0.3) is 0 Å². The maximum Gasteiger partial charge on any atom is 0.150 e. The maximum atomic E-state index is 11.5. The molecule has 0 bridgehead atoms. The fraction of sp³-hybridized carbons (Fsp3) is 0.600. The normalized spacial score (nSPS) is 22.8. The van der Waals surface area contributed by atoms with E-state index in [1.165, 1.54) is 0 Å². The van der Waals surface area contributed by atoms with Gasteiger partial charge < -0.3 is 5.73 Å². The zero-order chi connectivity index (χ0) is 11.6. The predicted molar refractivity (Wildman–Crippen MR) is 67.8 cm³/mol. The molecule has 2 N–H and O–H groups in total. The van der Waals surface area contributed by atoms with Gasteiger partial charge in [-0.05, 0) is 18.9 Å². The van der Waals surface area contributed by atoms with E-state index in [1.807, 2.05) is 0 Å². The third-order valence-electron chi connectivity index (χ3n) is 2.79. The van der Waals surface area contributed by atoms with Gasteiger partial charge in [0.05, 0.1) is 18.1 Å². The van der Waals surface area contributed by atoms with Crippen LogP contribution in [0.5, 0.6) is 0 Å². The lowest BCUT2D eigenvalue weighted by atomic mass is 10.0. The van der Waals surface area contributed by atoms with Gasteiger partial charge >= 0.3 is 0 Å². The van der Waals surface area contributed by atoms with Gasteiger partial charge in [-0.1, -0.05) is 0 Å². The highest BCUT2D eigenvalue weighted by Gasteiger charge is 2.26. The van der Waals surface area contributed by atoms with Gasteiger partial charge in [-0.15, -0.1) is 12.4 Å². The van der Waals surface area contributed by atoms with Crippen LogP contribution in [0.15, 0.2) is 12.3 Å². The average molecular weight is 278 g/mol. The third kappa shape index (κ3) is 3.62. The zero-order valence-electron chi connectivity index (χ0n) is 9.37. The lowest BCUT2D eigenvalue weighted by Gasteiger charge is -2.21. The molecule has 1 aliphatic rings. The third-order valence-corrected chi connectivity index (χ3v) is 4.61. The van der Waals surface area contributed by atoms with Crippen molar-refractivity contribution in [2.45, 2.75) is 25.3 Å². The van der Waals surface area contributed by atoms with Crippen LogP contribution >= 0.6 is 12.4 Å². The van der Waals surface area contributed by atoms with Crippen LogP contribution in [0, 0.1) is 0 Å². The Labute approximate surface area is 107 Å². The van der Waals surface area contributed by atoms with Gasteiger partial charge in [0.2, 0.25) is 0 Å². The second kappa shape index (κ2) is 5.75. The smallest absolute Gasteiger partial charge is 0.150 e. The van der Waals surface area contributed by atoms with Crippen LogP contribution < -0.4 is 5.73 Å². The number of hydrogen-bond acceptors (Lipinski definition) is 5. The number of hydrogen-bond donors (Lipinski definition) is 1. The molecule has 0 saturated carbocycles. The minimum absolute atomic E-state index is 0. The van der Waals surface area contributed by atoms with Crippen molar-refractivity contribution in [3.05, 3.63) is 23.8 Å². The monoisotopic (exact) mass is 277 g/mol. The summed E-state index contributed by atoms with van der Waals surface area (Å²) in [5, 5.41) is 0. The highest BCUT2D eigenvalue weighted by atomic mass is 35.5. The van der Waals surface area contributed by atoms with Crippen LogP contribution in [0.2, 0.25) is 0 Å². The van der Waals surface area contributed by atoms with Crippen molar-refractivity contribution in [2.75, 3.05) is 11.5 Å². The van der Waals surface area contributed by atoms with Gasteiger partial charge in [0.1, 0.15) is 5.82 Å². The second-order valence-electron chi connectivity index (χ2n) is 4.06. The highest BCUT2D eigenvalue weighted by Crippen LogP contribution is 2.26. The van der Waals surface area contributed by atoms with Crippen LogP contribution in [0.3, 0.4) is 0 Å². The molecule has 0 radical (unpaired) electrons. The molecule has 1 atom stereocenters. The van der Waals surface area contributed by atoms with Gasteiger partial charge in [0, 0.05) is 17.8 Å². The minimum Gasteiger partial charge on any atom is -0.324 e. The summed E-state index contributed by atoms with van der Waals surface area (Å²) in [4.78, 5) is 8.28. The Morgan fingerprint density at radius 1 is 1.47 bits per heavy atom. The predicted octanol–water partition coefficient (Wildman–Crippen LogP) is 0.649. The zero-order valence-corrected chi connectivity index (χ0v) is 11.0. The molecule has 2 heterocycles. The van der Waals surface area contributed by atoms with E-state index in [1.54, 1.807) is 12.3 Å². The molecule has 1 saturated heterocycles. The Hall–Kier alpha value is -0.720. The van der Waals surface area contributed by atoms with Crippen LogP contribution in [-0.2, 0) is 16.4 Å². The Balaban J connectivity index is 0.00000144. The summed E-state index contributed by atoms with van der Waals surface area (Å²) < 4.78 is 23.0. The molecule has 0 aliphatic carbocycles. The number of sulfone groups is 1. The van der Waals surface area contributed by atoms with Crippen molar-refractivity contribution in [1.29, 1.82) is 0 Å². The summed E-state index contributed by atoms with van der Waals surface area (Å²) in [5.41, 5.74) is 6.26. The van der Waals surface area contributed by atoms with E-state index in [2.05, 4.69) is 9.97 Å². The molecule has 17 heavy (non-hydrogen) atoms. The quantitative estimate of drug-likeness (QED) is 0.858. The molecule has 1 fully saturated rings. The first-order valence-corrected chi connectivity index (χ1v) is 7.15. The van der Waals surface area contributed by atoms with E-state index in [9.17, 15) is 8.42 Å². The Kier molecular flexibility index (Phi) is 4.85. The molecule has 1 unspecified atom stereocenters.